The topological polar surface area (TPSA) is 3.24 Å². The lowest BCUT2D eigenvalue weighted by Crippen LogP contribution is -2.34. The minimum absolute atomic E-state index is 0.846. The van der Waals surface area contributed by atoms with Gasteiger partial charge in [0, 0.05) is 23.7 Å². The van der Waals surface area contributed by atoms with Crippen molar-refractivity contribution in [3.05, 3.63) is 24.3 Å². The summed E-state index contributed by atoms with van der Waals surface area (Å²) >= 11 is 1.81. The Bertz CT molecular complexity index is 307. The number of rotatable bonds is 2. The van der Waals surface area contributed by atoms with Crippen LogP contribution in [0, 0.1) is 5.92 Å². The van der Waals surface area contributed by atoms with Gasteiger partial charge in [-0.15, -0.1) is 11.8 Å². The first-order valence-corrected chi connectivity index (χ1v) is 6.91. The molecule has 0 aromatic heterocycles. The zero-order valence-electron chi connectivity index (χ0n) is 9.57. The number of benzene rings is 1. The molecular formula is C13H19NS. The summed E-state index contributed by atoms with van der Waals surface area (Å²) in [6, 6.07) is 8.95. The fourth-order valence-electron chi connectivity index (χ4n) is 2.22. The molecular weight excluding hydrogens is 202 g/mol. The molecule has 0 radical (unpaired) electrons. The molecule has 1 aliphatic rings. The van der Waals surface area contributed by atoms with Gasteiger partial charge in [0.2, 0.25) is 0 Å². The molecule has 0 saturated carbocycles. The van der Waals surface area contributed by atoms with Crippen LogP contribution < -0.4 is 4.90 Å². The Morgan fingerprint density at radius 1 is 1.27 bits per heavy atom. The van der Waals surface area contributed by atoms with Gasteiger partial charge in [-0.2, -0.15) is 0 Å². The summed E-state index contributed by atoms with van der Waals surface area (Å²) in [4.78, 5) is 3.86. The third kappa shape index (κ3) is 2.69. The van der Waals surface area contributed by atoms with Crippen molar-refractivity contribution in [1.29, 1.82) is 0 Å². The molecule has 2 rings (SSSR count). The maximum Gasteiger partial charge on any atom is 0.0367 e. The van der Waals surface area contributed by atoms with Crippen molar-refractivity contribution in [2.45, 2.75) is 24.7 Å². The lowest BCUT2D eigenvalue weighted by atomic mass is 10.00. The largest absolute Gasteiger partial charge is 0.371 e. The second-order valence-electron chi connectivity index (χ2n) is 4.39. The average molecular weight is 221 g/mol. The third-order valence-electron chi connectivity index (χ3n) is 3.09. The smallest absolute Gasteiger partial charge is 0.0367 e. The molecule has 1 unspecified atom stereocenters. The van der Waals surface area contributed by atoms with Crippen molar-refractivity contribution < 1.29 is 0 Å². The maximum absolute atomic E-state index is 2.51. The van der Waals surface area contributed by atoms with Gasteiger partial charge in [0.25, 0.3) is 0 Å². The van der Waals surface area contributed by atoms with Crippen LogP contribution in [-0.2, 0) is 0 Å². The summed E-state index contributed by atoms with van der Waals surface area (Å²) in [7, 11) is 0. The van der Waals surface area contributed by atoms with Crippen LogP contribution in [0.15, 0.2) is 29.2 Å². The number of nitrogens with zero attached hydrogens (tertiary/aromatic N) is 1. The van der Waals surface area contributed by atoms with Crippen LogP contribution >= 0.6 is 11.8 Å². The van der Waals surface area contributed by atoms with Gasteiger partial charge in [-0.05, 0) is 49.3 Å². The number of thioether (sulfide) groups is 1. The molecule has 1 aromatic carbocycles. The Labute approximate surface area is 96.9 Å². The van der Waals surface area contributed by atoms with E-state index < -0.39 is 0 Å². The first kappa shape index (κ1) is 10.9. The number of piperidine rings is 1. The molecule has 1 fully saturated rings. The van der Waals surface area contributed by atoms with Gasteiger partial charge >= 0.3 is 0 Å². The van der Waals surface area contributed by atoms with Gasteiger partial charge in [0.05, 0.1) is 0 Å². The lowest BCUT2D eigenvalue weighted by molar-refractivity contribution is 0.447. The van der Waals surface area contributed by atoms with Crippen LogP contribution in [0.1, 0.15) is 19.8 Å². The normalized spacial score (nSPS) is 21.7. The standard InChI is InChI=1S/C13H19NS/c1-11-4-3-9-14(10-11)12-5-7-13(15-2)8-6-12/h5-8,11H,3-4,9-10H2,1-2H3. The highest BCUT2D eigenvalue weighted by atomic mass is 32.2. The molecule has 2 heteroatoms. The summed E-state index contributed by atoms with van der Waals surface area (Å²) < 4.78 is 0. The van der Waals surface area contributed by atoms with Gasteiger partial charge in [-0.1, -0.05) is 6.92 Å². The monoisotopic (exact) mass is 221 g/mol. The van der Waals surface area contributed by atoms with E-state index in [9.17, 15) is 0 Å². The Kier molecular flexibility index (Phi) is 3.57. The first-order chi connectivity index (χ1) is 7.29. The van der Waals surface area contributed by atoms with E-state index in [1.54, 1.807) is 11.8 Å². The van der Waals surface area contributed by atoms with E-state index in [0.717, 1.165) is 5.92 Å². The van der Waals surface area contributed by atoms with Crippen LogP contribution in [0.4, 0.5) is 5.69 Å². The molecule has 1 aromatic rings. The molecule has 1 saturated heterocycles. The molecule has 1 atom stereocenters. The molecule has 0 spiro atoms. The summed E-state index contributed by atoms with van der Waals surface area (Å²) in [6.07, 6.45) is 4.85. The van der Waals surface area contributed by atoms with E-state index >= 15 is 0 Å². The minimum atomic E-state index is 0.846. The second-order valence-corrected chi connectivity index (χ2v) is 5.27. The minimum Gasteiger partial charge on any atom is -0.371 e. The molecule has 0 amide bonds. The SMILES string of the molecule is CSc1ccc(N2CCCC(C)C2)cc1. The van der Waals surface area contributed by atoms with Crippen LogP contribution in [0.3, 0.4) is 0 Å². The van der Waals surface area contributed by atoms with Crippen molar-refractivity contribution >= 4 is 17.4 Å². The molecule has 0 N–H and O–H groups in total. The Balaban J connectivity index is 2.07. The van der Waals surface area contributed by atoms with Gasteiger partial charge in [-0.3, -0.25) is 0 Å². The fraction of sp³-hybridized carbons (Fsp3) is 0.538. The van der Waals surface area contributed by atoms with Crippen molar-refractivity contribution in [2.75, 3.05) is 24.2 Å². The van der Waals surface area contributed by atoms with Crippen molar-refractivity contribution in [3.63, 3.8) is 0 Å². The molecule has 15 heavy (non-hydrogen) atoms. The number of hydrogen-bond donors (Lipinski definition) is 0. The zero-order valence-corrected chi connectivity index (χ0v) is 10.4. The summed E-state index contributed by atoms with van der Waals surface area (Å²) in [5.74, 6) is 0.846. The van der Waals surface area contributed by atoms with Crippen LogP contribution in [0.2, 0.25) is 0 Å². The van der Waals surface area contributed by atoms with Crippen LogP contribution in [0.5, 0.6) is 0 Å². The summed E-state index contributed by atoms with van der Waals surface area (Å²) in [5, 5.41) is 0. The van der Waals surface area contributed by atoms with E-state index in [1.165, 1.54) is 36.5 Å². The molecule has 0 bridgehead atoms. The Hall–Kier alpha value is -0.630. The Morgan fingerprint density at radius 2 is 2.00 bits per heavy atom. The van der Waals surface area contributed by atoms with Crippen molar-refractivity contribution in [3.8, 4) is 0 Å². The third-order valence-corrected chi connectivity index (χ3v) is 3.84. The van der Waals surface area contributed by atoms with Crippen molar-refractivity contribution in [2.24, 2.45) is 5.92 Å². The highest BCUT2D eigenvalue weighted by Crippen LogP contribution is 2.25. The molecule has 0 aliphatic carbocycles. The van der Waals surface area contributed by atoms with Gasteiger partial charge in [-0.25, -0.2) is 0 Å². The van der Waals surface area contributed by atoms with Gasteiger partial charge in [0.15, 0.2) is 0 Å². The van der Waals surface area contributed by atoms with E-state index in [2.05, 4.69) is 42.3 Å². The van der Waals surface area contributed by atoms with E-state index in [4.69, 9.17) is 0 Å². The molecule has 1 nitrogen and oxygen atoms in total. The van der Waals surface area contributed by atoms with E-state index in [1.807, 2.05) is 0 Å². The predicted octanol–water partition coefficient (Wildman–Crippen LogP) is 3.64. The van der Waals surface area contributed by atoms with Crippen molar-refractivity contribution in [1.82, 2.24) is 0 Å². The average Bonchev–Trinajstić information content (AvgIpc) is 2.29. The highest BCUT2D eigenvalue weighted by Gasteiger charge is 2.16. The van der Waals surface area contributed by atoms with E-state index in [-0.39, 0.29) is 0 Å². The Morgan fingerprint density at radius 3 is 2.60 bits per heavy atom. The molecule has 1 heterocycles. The predicted molar refractivity (Wildman–Crippen MR) is 68.8 cm³/mol. The molecule has 1 aliphatic heterocycles. The van der Waals surface area contributed by atoms with Crippen LogP contribution in [0.25, 0.3) is 0 Å². The number of anilines is 1. The zero-order chi connectivity index (χ0) is 10.7. The lowest BCUT2D eigenvalue weighted by Gasteiger charge is -2.32. The van der Waals surface area contributed by atoms with Gasteiger partial charge < -0.3 is 4.90 Å². The first-order valence-electron chi connectivity index (χ1n) is 5.68. The number of hydrogen-bond acceptors (Lipinski definition) is 2. The quantitative estimate of drug-likeness (QED) is 0.701. The van der Waals surface area contributed by atoms with Gasteiger partial charge in [0.1, 0.15) is 0 Å². The maximum atomic E-state index is 2.51. The van der Waals surface area contributed by atoms with E-state index in [0.29, 0.717) is 0 Å². The highest BCUT2D eigenvalue weighted by molar-refractivity contribution is 7.98. The van der Waals surface area contributed by atoms with Crippen LogP contribution in [-0.4, -0.2) is 19.3 Å². The molecule has 82 valence electrons. The summed E-state index contributed by atoms with van der Waals surface area (Å²) in [5.41, 5.74) is 1.39. The fourth-order valence-corrected chi connectivity index (χ4v) is 2.63. The summed E-state index contributed by atoms with van der Waals surface area (Å²) in [6.45, 7) is 4.80. The second kappa shape index (κ2) is 4.93.